The molecular weight excluding hydrogens is 320 g/mol. The summed E-state index contributed by atoms with van der Waals surface area (Å²) in [5, 5.41) is 10.6. The Balaban J connectivity index is 1.33. The summed E-state index contributed by atoms with van der Waals surface area (Å²) in [6.07, 6.45) is 9.01. The topological polar surface area (TPSA) is 36.4 Å². The van der Waals surface area contributed by atoms with Gasteiger partial charge in [-0.25, -0.2) is 0 Å². The Morgan fingerprint density at radius 3 is 2.69 bits per heavy atom. The van der Waals surface area contributed by atoms with E-state index in [-0.39, 0.29) is 6.10 Å². The average Bonchev–Trinajstić information content (AvgIpc) is 2.82. The number of benzene rings is 1. The lowest BCUT2D eigenvalue weighted by molar-refractivity contribution is 0.117. The summed E-state index contributed by atoms with van der Waals surface area (Å²) in [5.74, 6) is 1.29. The third kappa shape index (κ3) is 3.84. The number of rotatable bonds is 3. The Hall–Kier alpha value is -1.71. The highest BCUT2D eigenvalue weighted by molar-refractivity contribution is 5.29. The van der Waals surface area contributed by atoms with Crippen LogP contribution < -0.4 is 0 Å². The smallest absolute Gasteiger partial charge is 0.0796 e. The Labute approximate surface area is 157 Å². The van der Waals surface area contributed by atoms with Gasteiger partial charge in [0, 0.05) is 18.9 Å². The van der Waals surface area contributed by atoms with E-state index in [1.54, 1.807) is 11.8 Å². The molecule has 0 radical (unpaired) electrons. The Kier molecular flexibility index (Phi) is 5.37. The molecule has 1 fully saturated rings. The summed E-state index contributed by atoms with van der Waals surface area (Å²) >= 11 is 0. The molecule has 0 unspecified atom stereocenters. The molecule has 4 rings (SSSR count). The molecule has 138 valence electrons. The fourth-order valence-corrected chi connectivity index (χ4v) is 4.89. The van der Waals surface area contributed by atoms with Crippen molar-refractivity contribution in [3.63, 3.8) is 0 Å². The zero-order valence-electron chi connectivity index (χ0n) is 15.8. The third-order valence-electron chi connectivity index (χ3n) is 6.41. The van der Waals surface area contributed by atoms with Gasteiger partial charge in [-0.3, -0.25) is 4.98 Å². The molecule has 3 heteroatoms. The number of pyridine rings is 1. The first kappa shape index (κ1) is 17.7. The van der Waals surface area contributed by atoms with Crippen molar-refractivity contribution in [1.82, 2.24) is 9.88 Å². The van der Waals surface area contributed by atoms with Crippen LogP contribution in [0.3, 0.4) is 0 Å². The molecule has 3 nitrogen and oxygen atoms in total. The highest BCUT2D eigenvalue weighted by Gasteiger charge is 2.27. The van der Waals surface area contributed by atoms with Crippen LogP contribution in [-0.2, 0) is 6.42 Å². The van der Waals surface area contributed by atoms with Gasteiger partial charge in [-0.05, 0) is 92.3 Å². The molecule has 26 heavy (non-hydrogen) atoms. The van der Waals surface area contributed by atoms with Gasteiger partial charge in [0.15, 0.2) is 0 Å². The van der Waals surface area contributed by atoms with Crippen molar-refractivity contribution in [2.75, 3.05) is 19.6 Å². The summed E-state index contributed by atoms with van der Waals surface area (Å²) in [4.78, 5) is 6.86. The molecule has 0 amide bonds. The molecule has 1 saturated heterocycles. The first-order valence-electron chi connectivity index (χ1n) is 10.1. The van der Waals surface area contributed by atoms with Crippen LogP contribution in [0.2, 0.25) is 0 Å². The Morgan fingerprint density at radius 1 is 1.08 bits per heavy atom. The summed E-state index contributed by atoms with van der Waals surface area (Å²) in [5.41, 5.74) is 5.31. The van der Waals surface area contributed by atoms with Gasteiger partial charge in [0.05, 0.1) is 6.10 Å². The molecule has 0 bridgehead atoms. The molecule has 1 aromatic carbocycles. The minimum Gasteiger partial charge on any atom is -0.388 e. The lowest BCUT2D eigenvalue weighted by Gasteiger charge is -2.35. The van der Waals surface area contributed by atoms with Crippen molar-refractivity contribution in [3.05, 3.63) is 65.0 Å². The van der Waals surface area contributed by atoms with Gasteiger partial charge in [-0.15, -0.1) is 0 Å². The molecule has 0 spiro atoms. The van der Waals surface area contributed by atoms with Gasteiger partial charge in [-0.2, -0.15) is 0 Å². The van der Waals surface area contributed by atoms with Crippen molar-refractivity contribution in [3.8, 4) is 0 Å². The lowest BCUT2D eigenvalue weighted by Crippen LogP contribution is -2.37. The molecule has 2 aliphatic rings. The number of hydrogen-bond donors (Lipinski definition) is 1. The van der Waals surface area contributed by atoms with Crippen LogP contribution in [0.15, 0.2) is 42.7 Å². The number of nitrogens with zero attached hydrogens (tertiary/aromatic N) is 2. The first-order valence-corrected chi connectivity index (χ1v) is 10.1. The summed E-state index contributed by atoms with van der Waals surface area (Å²) in [7, 11) is 0. The predicted octanol–water partition coefficient (Wildman–Crippen LogP) is 4.26. The number of fused-ring (bicyclic) bond motifs is 1. The molecule has 0 saturated carbocycles. The summed E-state index contributed by atoms with van der Waals surface area (Å²) in [6, 6.07) is 10.9. The Morgan fingerprint density at radius 2 is 1.88 bits per heavy atom. The average molecular weight is 351 g/mol. The van der Waals surface area contributed by atoms with E-state index < -0.39 is 0 Å². The number of aromatic nitrogens is 1. The first-order chi connectivity index (χ1) is 12.7. The number of aliphatic hydroxyl groups is 1. The van der Waals surface area contributed by atoms with E-state index in [1.807, 2.05) is 12.3 Å². The van der Waals surface area contributed by atoms with Crippen LogP contribution in [0.5, 0.6) is 0 Å². The van der Waals surface area contributed by atoms with Gasteiger partial charge in [-0.1, -0.05) is 24.3 Å². The second-order valence-electron chi connectivity index (χ2n) is 8.16. The van der Waals surface area contributed by atoms with Crippen molar-refractivity contribution < 1.29 is 5.11 Å². The molecule has 2 atom stereocenters. The largest absolute Gasteiger partial charge is 0.388 e. The molecular formula is C23H30N2O. The minimum atomic E-state index is -0.329. The fraction of sp³-hybridized carbons (Fsp3) is 0.522. The molecule has 1 aliphatic heterocycles. The maximum absolute atomic E-state index is 10.6. The second-order valence-corrected chi connectivity index (χ2v) is 8.16. The van der Waals surface area contributed by atoms with Crippen molar-refractivity contribution in [2.24, 2.45) is 5.92 Å². The van der Waals surface area contributed by atoms with Gasteiger partial charge in [0.1, 0.15) is 0 Å². The van der Waals surface area contributed by atoms with E-state index in [4.69, 9.17) is 0 Å². The van der Waals surface area contributed by atoms with Crippen LogP contribution in [0, 0.1) is 12.8 Å². The van der Waals surface area contributed by atoms with Gasteiger partial charge < -0.3 is 10.0 Å². The Bertz CT molecular complexity index is 736. The number of aliphatic hydroxyl groups excluding tert-OH is 1. The van der Waals surface area contributed by atoms with Crippen LogP contribution in [-0.4, -0.2) is 34.6 Å². The predicted molar refractivity (Wildman–Crippen MR) is 105 cm³/mol. The van der Waals surface area contributed by atoms with E-state index in [2.05, 4.69) is 41.1 Å². The lowest BCUT2D eigenvalue weighted by atomic mass is 9.86. The van der Waals surface area contributed by atoms with Gasteiger partial charge in [0.2, 0.25) is 0 Å². The number of hydrogen-bond acceptors (Lipinski definition) is 3. The van der Waals surface area contributed by atoms with Crippen molar-refractivity contribution in [2.45, 2.75) is 51.0 Å². The number of likely N-dealkylation sites (tertiary alicyclic amines) is 1. The van der Waals surface area contributed by atoms with Crippen molar-refractivity contribution >= 4 is 0 Å². The van der Waals surface area contributed by atoms with Gasteiger partial charge >= 0.3 is 0 Å². The zero-order chi connectivity index (χ0) is 17.9. The van der Waals surface area contributed by atoms with Crippen LogP contribution in [0.1, 0.15) is 60.0 Å². The summed E-state index contributed by atoms with van der Waals surface area (Å²) in [6.45, 7) is 5.72. The van der Waals surface area contributed by atoms with E-state index in [0.717, 1.165) is 31.4 Å². The number of piperidine rings is 1. The molecule has 2 aromatic rings. The minimum absolute atomic E-state index is 0.329. The molecule has 2 heterocycles. The molecule has 1 aliphatic carbocycles. The SMILES string of the molecule is Cc1ccccc1C1CCN(C[C@H]2CCc3cnccc3[C@H](O)C2)CC1. The third-order valence-corrected chi connectivity index (χ3v) is 6.41. The highest BCUT2D eigenvalue weighted by Crippen LogP contribution is 2.34. The van der Waals surface area contributed by atoms with Crippen molar-refractivity contribution in [1.29, 1.82) is 0 Å². The zero-order valence-corrected chi connectivity index (χ0v) is 15.8. The molecule has 1 N–H and O–H groups in total. The van der Waals surface area contributed by atoms with E-state index in [0.29, 0.717) is 11.8 Å². The quantitative estimate of drug-likeness (QED) is 0.841. The normalized spacial score (nSPS) is 24.8. The maximum atomic E-state index is 10.6. The monoisotopic (exact) mass is 350 g/mol. The van der Waals surface area contributed by atoms with E-state index in [1.165, 1.54) is 37.1 Å². The maximum Gasteiger partial charge on any atom is 0.0796 e. The summed E-state index contributed by atoms with van der Waals surface area (Å²) < 4.78 is 0. The van der Waals surface area contributed by atoms with Gasteiger partial charge in [0.25, 0.3) is 0 Å². The highest BCUT2D eigenvalue weighted by atomic mass is 16.3. The van der Waals surface area contributed by atoms with Crippen LogP contribution in [0.25, 0.3) is 0 Å². The standard InChI is InChI=1S/C23H30N2O/c1-17-4-2-3-5-21(17)19-9-12-25(13-10-19)16-18-6-7-20-15-24-11-8-22(20)23(26)14-18/h2-5,8,11,15,18-19,23,26H,6-7,9-10,12-14,16H2,1H3/t18-,23+/m0/s1. The molecule has 1 aromatic heterocycles. The number of aryl methyl sites for hydroxylation is 2. The van der Waals surface area contributed by atoms with E-state index in [9.17, 15) is 5.11 Å². The van der Waals surface area contributed by atoms with Crippen LogP contribution in [0.4, 0.5) is 0 Å². The van der Waals surface area contributed by atoms with Crippen LogP contribution >= 0.6 is 0 Å². The fourth-order valence-electron chi connectivity index (χ4n) is 4.89. The van der Waals surface area contributed by atoms with E-state index >= 15 is 0 Å². The second kappa shape index (κ2) is 7.89.